The van der Waals surface area contributed by atoms with E-state index in [0.717, 1.165) is 27.8 Å². The molecule has 0 spiro atoms. The molecule has 2 aromatic carbocycles. The first kappa shape index (κ1) is 13.5. The maximum absolute atomic E-state index is 12.3. The van der Waals surface area contributed by atoms with E-state index >= 15 is 0 Å². The van der Waals surface area contributed by atoms with Gasteiger partial charge >= 0.3 is 5.69 Å². The Morgan fingerprint density at radius 1 is 1.13 bits per heavy atom. The minimum atomic E-state index is -0.297. The SMILES string of the molecule is COc1ccc(-c2nc3c4cccc(C)c4[nH]c(=O)n3n2)cc1. The predicted molar refractivity (Wildman–Crippen MR) is 87.8 cm³/mol. The van der Waals surface area contributed by atoms with Crippen LogP contribution >= 0.6 is 0 Å². The van der Waals surface area contributed by atoms with Crippen molar-refractivity contribution in [1.29, 1.82) is 0 Å². The molecular formula is C17H14N4O2. The quantitative estimate of drug-likeness (QED) is 0.618. The zero-order valence-corrected chi connectivity index (χ0v) is 12.7. The number of benzene rings is 2. The summed E-state index contributed by atoms with van der Waals surface area (Å²) in [7, 11) is 1.62. The minimum Gasteiger partial charge on any atom is -0.497 e. The predicted octanol–water partition coefficient (Wildman–Crippen LogP) is 2.55. The number of para-hydroxylation sites is 1. The molecule has 114 valence electrons. The van der Waals surface area contributed by atoms with Crippen LogP contribution in [-0.4, -0.2) is 26.7 Å². The molecular weight excluding hydrogens is 292 g/mol. The average Bonchev–Trinajstić information content (AvgIpc) is 3.02. The number of fused-ring (bicyclic) bond motifs is 3. The third-order valence-electron chi connectivity index (χ3n) is 3.89. The van der Waals surface area contributed by atoms with Gasteiger partial charge in [0.2, 0.25) is 0 Å². The summed E-state index contributed by atoms with van der Waals surface area (Å²) in [5.41, 5.74) is 2.87. The van der Waals surface area contributed by atoms with Gasteiger partial charge < -0.3 is 9.72 Å². The molecule has 0 atom stereocenters. The highest BCUT2D eigenvalue weighted by Gasteiger charge is 2.13. The van der Waals surface area contributed by atoms with E-state index in [2.05, 4.69) is 15.1 Å². The average molecular weight is 306 g/mol. The van der Waals surface area contributed by atoms with Crippen LogP contribution in [0.5, 0.6) is 5.75 Å². The number of H-pyrrole nitrogens is 1. The molecule has 0 aliphatic carbocycles. The number of hydrogen-bond donors (Lipinski definition) is 1. The van der Waals surface area contributed by atoms with Gasteiger partial charge in [0.15, 0.2) is 11.5 Å². The number of nitrogens with one attached hydrogen (secondary N) is 1. The van der Waals surface area contributed by atoms with Crippen molar-refractivity contribution in [2.45, 2.75) is 6.92 Å². The Labute approximate surface area is 131 Å². The van der Waals surface area contributed by atoms with Crippen molar-refractivity contribution in [3.8, 4) is 17.1 Å². The van der Waals surface area contributed by atoms with Gasteiger partial charge in [0, 0.05) is 10.9 Å². The van der Waals surface area contributed by atoms with E-state index in [4.69, 9.17) is 4.74 Å². The first-order valence-corrected chi connectivity index (χ1v) is 7.20. The summed E-state index contributed by atoms with van der Waals surface area (Å²) in [5, 5.41) is 5.21. The Bertz CT molecular complexity index is 1080. The summed E-state index contributed by atoms with van der Waals surface area (Å²) in [6.07, 6.45) is 0. The number of nitrogens with zero attached hydrogens (tertiary/aromatic N) is 3. The fourth-order valence-electron chi connectivity index (χ4n) is 2.67. The lowest BCUT2D eigenvalue weighted by molar-refractivity contribution is 0.415. The third kappa shape index (κ3) is 2.07. The van der Waals surface area contributed by atoms with E-state index in [0.29, 0.717) is 11.5 Å². The number of hydrogen-bond acceptors (Lipinski definition) is 4. The van der Waals surface area contributed by atoms with Crippen LogP contribution in [0.2, 0.25) is 0 Å². The molecule has 0 amide bonds. The molecule has 6 nitrogen and oxygen atoms in total. The van der Waals surface area contributed by atoms with Crippen molar-refractivity contribution in [2.75, 3.05) is 7.11 Å². The van der Waals surface area contributed by atoms with E-state index < -0.39 is 0 Å². The lowest BCUT2D eigenvalue weighted by Crippen LogP contribution is -2.17. The molecule has 0 bridgehead atoms. The van der Waals surface area contributed by atoms with Crippen LogP contribution in [-0.2, 0) is 0 Å². The van der Waals surface area contributed by atoms with Crippen molar-refractivity contribution in [3.05, 3.63) is 58.5 Å². The van der Waals surface area contributed by atoms with Gasteiger partial charge in [0.05, 0.1) is 12.6 Å². The Balaban J connectivity index is 2.00. The van der Waals surface area contributed by atoms with Crippen molar-refractivity contribution in [3.63, 3.8) is 0 Å². The Morgan fingerprint density at radius 2 is 1.91 bits per heavy atom. The zero-order chi connectivity index (χ0) is 16.0. The van der Waals surface area contributed by atoms with Crippen molar-refractivity contribution in [2.24, 2.45) is 0 Å². The summed E-state index contributed by atoms with van der Waals surface area (Å²) in [6.45, 7) is 1.95. The Hall–Kier alpha value is -3.15. The van der Waals surface area contributed by atoms with Crippen LogP contribution in [0.25, 0.3) is 27.9 Å². The first-order valence-electron chi connectivity index (χ1n) is 7.20. The highest BCUT2D eigenvalue weighted by molar-refractivity contribution is 5.93. The van der Waals surface area contributed by atoms with E-state index in [-0.39, 0.29) is 5.69 Å². The molecule has 2 heterocycles. The standard InChI is InChI=1S/C17H14N4O2/c1-10-4-3-5-13-14(10)18-17(22)21-16(13)19-15(20-21)11-6-8-12(23-2)9-7-11/h3-9H,1-2H3,(H,18,22). The van der Waals surface area contributed by atoms with Gasteiger partial charge in [-0.25, -0.2) is 9.78 Å². The monoisotopic (exact) mass is 306 g/mol. The second-order valence-corrected chi connectivity index (χ2v) is 5.33. The molecule has 0 aliphatic heterocycles. The first-order chi connectivity index (χ1) is 11.2. The van der Waals surface area contributed by atoms with Crippen LogP contribution < -0.4 is 10.4 Å². The van der Waals surface area contributed by atoms with Gasteiger partial charge in [-0.15, -0.1) is 5.10 Å². The second kappa shape index (κ2) is 4.95. The fraction of sp³-hybridized carbons (Fsp3) is 0.118. The summed E-state index contributed by atoms with van der Waals surface area (Å²) >= 11 is 0. The topological polar surface area (TPSA) is 72.3 Å². The maximum Gasteiger partial charge on any atom is 0.348 e. The van der Waals surface area contributed by atoms with Gasteiger partial charge in [-0.1, -0.05) is 12.1 Å². The number of rotatable bonds is 2. The normalized spacial score (nSPS) is 11.2. The molecule has 0 radical (unpaired) electrons. The van der Waals surface area contributed by atoms with Crippen LogP contribution in [0.4, 0.5) is 0 Å². The van der Waals surface area contributed by atoms with Crippen LogP contribution in [0.15, 0.2) is 47.3 Å². The third-order valence-corrected chi connectivity index (χ3v) is 3.89. The van der Waals surface area contributed by atoms with Gasteiger partial charge in [0.25, 0.3) is 0 Å². The van der Waals surface area contributed by atoms with E-state index in [1.807, 2.05) is 49.4 Å². The molecule has 0 saturated heterocycles. The number of aryl methyl sites for hydroxylation is 1. The smallest absolute Gasteiger partial charge is 0.348 e. The van der Waals surface area contributed by atoms with Crippen LogP contribution in [0, 0.1) is 6.92 Å². The summed E-state index contributed by atoms with van der Waals surface area (Å²) in [5.74, 6) is 1.27. The molecule has 0 fully saturated rings. The molecule has 0 unspecified atom stereocenters. The largest absolute Gasteiger partial charge is 0.497 e. The van der Waals surface area contributed by atoms with Gasteiger partial charge in [-0.2, -0.15) is 4.52 Å². The number of ether oxygens (including phenoxy) is 1. The lowest BCUT2D eigenvalue weighted by atomic mass is 10.1. The zero-order valence-electron chi connectivity index (χ0n) is 12.7. The summed E-state index contributed by atoms with van der Waals surface area (Å²) < 4.78 is 6.46. The van der Waals surface area contributed by atoms with E-state index in [1.165, 1.54) is 4.52 Å². The molecule has 0 aliphatic rings. The van der Waals surface area contributed by atoms with Crippen LogP contribution in [0.3, 0.4) is 0 Å². The highest BCUT2D eigenvalue weighted by Crippen LogP contribution is 2.23. The van der Waals surface area contributed by atoms with E-state index in [1.54, 1.807) is 7.11 Å². The molecule has 1 N–H and O–H groups in total. The number of aromatic nitrogens is 4. The van der Waals surface area contributed by atoms with Gasteiger partial charge in [0.1, 0.15) is 5.75 Å². The van der Waals surface area contributed by atoms with Gasteiger partial charge in [-0.05, 0) is 42.8 Å². The number of aromatic amines is 1. The van der Waals surface area contributed by atoms with Crippen molar-refractivity contribution in [1.82, 2.24) is 19.6 Å². The Kier molecular flexibility index (Phi) is 2.90. The number of methoxy groups -OCH3 is 1. The minimum absolute atomic E-state index is 0.297. The molecule has 23 heavy (non-hydrogen) atoms. The highest BCUT2D eigenvalue weighted by atomic mass is 16.5. The van der Waals surface area contributed by atoms with Crippen molar-refractivity contribution >= 4 is 16.6 Å². The molecule has 2 aromatic heterocycles. The lowest BCUT2D eigenvalue weighted by Gasteiger charge is -2.01. The van der Waals surface area contributed by atoms with E-state index in [9.17, 15) is 4.79 Å². The second-order valence-electron chi connectivity index (χ2n) is 5.33. The molecule has 6 heteroatoms. The van der Waals surface area contributed by atoms with Crippen molar-refractivity contribution < 1.29 is 4.74 Å². The van der Waals surface area contributed by atoms with Crippen LogP contribution in [0.1, 0.15) is 5.56 Å². The molecule has 0 saturated carbocycles. The van der Waals surface area contributed by atoms with Gasteiger partial charge in [-0.3, -0.25) is 0 Å². The summed E-state index contributed by atoms with van der Waals surface area (Å²) in [4.78, 5) is 19.7. The molecule has 4 rings (SSSR count). The fourth-order valence-corrected chi connectivity index (χ4v) is 2.67. The maximum atomic E-state index is 12.3. The Morgan fingerprint density at radius 3 is 2.65 bits per heavy atom. The molecule has 4 aromatic rings. The summed E-state index contributed by atoms with van der Waals surface area (Å²) in [6, 6.07) is 13.2.